The Labute approximate surface area is 147 Å². The number of nitrogens with two attached hydrogens (primary N) is 2. The standard InChI is InChI=1S/C20H36N2O2/c1-2-3-4-5-6-7-8-9-10-11-12-16-15-17(19(21)23)13-14-18(16)20(22)24/h12,17-18H,2-11,13-15H2,1H3,(H2,21,23)(H2,22,24). The van der Waals surface area contributed by atoms with E-state index in [4.69, 9.17) is 11.5 Å². The molecule has 4 heteroatoms. The highest BCUT2D eigenvalue weighted by Crippen LogP contribution is 2.33. The van der Waals surface area contributed by atoms with E-state index >= 15 is 0 Å². The van der Waals surface area contributed by atoms with Crippen molar-refractivity contribution in [2.45, 2.75) is 90.4 Å². The van der Waals surface area contributed by atoms with Gasteiger partial charge in [0.25, 0.3) is 0 Å². The SMILES string of the molecule is CCCCCCCCCCCC=C1CC(C(N)=O)CCC1C(N)=O. The second kappa shape index (κ2) is 12.1. The topological polar surface area (TPSA) is 86.2 Å². The van der Waals surface area contributed by atoms with Gasteiger partial charge in [0, 0.05) is 5.92 Å². The van der Waals surface area contributed by atoms with Crippen LogP contribution in [-0.4, -0.2) is 11.8 Å². The Morgan fingerprint density at radius 1 is 0.917 bits per heavy atom. The fraction of sp³-hybridized carbons (Fsp3) is 0.800. The van der Waals surface area contributed by atoms with Crippen LogP contribution in [-0.2, 0) is 9.59 Å². The van der Waals surface area contributed by atoms with Crippen molar-refractivity contribution in [2.75, 3.05) is 0 Å². The summed E-state index contributed by atoms with van der Waals surface area (Å²) in [5.41, 5.74) is 12.0. The first-order valence-electron chi connectivity index (χ1n) is 9.83. The van der Waals surface area contributed by atoms with Crippen molar-refractivity contribution in [3.05, 3.63) is 11.6 Å². The van der Waals surface area contributed by atoms with Gasteiger partial charge in [-0.1, -0.05) is 69.9 Å². The van der Waals surface area contributed by atoms with E-state index in [0.29, 0.717) is 19.3 Å². The maximum absolute atomic E-state index is 11.6. The predicted molar refractivity (Wildman–Crippen MR) is 99.1 cm³/mol. The molecule has 2 atom stereocenters. The molecule has 4 nitrogen and oxygen atoms in total. The third-order valence-corrected chi connectivity index (χ3v) is 5.19. The molecule has 24 heavy (non-hydrogen) atoms. The van der Waals surface area contributed by atoms with Gasteiger partial charge in [-0.05, 0) is 32.1 Å². The fourth-order valence-electron chi connectivity index (χ4n) is 3.62. The molecule has 138 valence electrons. The second-order valence-corrected chi connectivity index (χ2v) is 7.23. The Morgan fingerprint density at radius 2 is 1.50 bits per heavy atom. The van der Waals surface area contributed by atoms with E-state index in [1.165, 1.54) is 51.4 Å². The van der Waals surface area contributed by atoms with Crippen molar-refractivity contribution in [3.63, 3.8) is 0 Å². The quantitative estimate of drug-likeness (QED) is 0.413. The second-order valence-electron chi connectivity index (χ2n) is 7.23. The minimum absolute atomic E-state index is 0.130. The first-order valence-corrected chi connectivity index (χ1v) is 9.83. The highest BCUT2D eigenvalue weighted by atomic mass is 16.1. The largest absolute Gasteiger partial charge is 0.369 e. The van der Waals surface area contributed by atoms with E-state index in [-0.39, 0.29) is 23.7 Å². The van der Waals surface area contributed by atoms with Gasteiger partial charge in [0.05, 0.1) is 5.92 Å². The highest BCUT2D eigenvalue weighted by Gasteiger charge is 2.31. The molecule has 0 heterocycles. The molecule has 0 aromatic rings. The molecule has 2 unspecified atom stereocenters. The van der Waals surface area contributed by atoms with Crippen LogP contribution >= 0.6 is 0 Å². The number of allylic oxidation sites excluding steroid dienone is 1. The maximum atomic E-state index is 11.6. The molecule has 1 fully saturated rings. The summed E-state index contributed by atoms with van der Waals surface area (Å²) >= 11 is 0. The van der Waals surface area contributed by atoms with Gasteiger partial charge >= 0.3 is 0 Å². The van der Waals surface area contributed by atoms with E-state index in [1.54, 1.807) is 0 Å². The van der Waals surface area contributed by atoms with Gasteiger partial charge in [0.15, 0.2) is 0 Å². The van der Waals surface area contributed by atoms with Crippen molar-refractivity contribution in [1.82, 2.24) is 0 Å². The lowest BCUT2D eigenvalue weighted by Gasteiger charge is -2.28. The molecular formula is C20H36N2O2. The number of rotatable bonds is 12. The molecule has 4 N–H and O–H groups in total. The summed E-state index contributed by atoms with van der Waals surface area (Å²) in [6.45, 7) is 2.25. The van der Waals surface area contributed by atoms with Crippen LogP contribution in [0.2, 0.25) is 0 Å². The van der Waals surface area contributed by atoms with Crippen molar-refractivity contribution >= 4 is 11.8 Å². The Hall–Kier alpha value is -1.32. The normalized spacial score (nSPS) is 22.6. The number of carbonyl (C=O) groups excluding carboxylic acids is 2. The van der Waals surface area contributed by atoms with Crippen molar-refractivity contribution in [1.29, 1.82) is 0 Å². The van der Waals surface area contributed by atoms with Crippen LogP contribution in [0.25, 0.3) is 0 Å². The Morgan fingerprint density at radius 3 is 2.04 bits per heavy atom. The summed E-state index contributed by atoms with van der Waals surface area (Å²) in [4.78, 5) is 23.0. The maximum Gasteiger partial charge on any atom is 0.224 e. The summed E-state index contributed by atoms with van der Waals surface area (Å²) < 4.78 is 0. The number of hydrogen-bond acceptors (Lipinski definition) is 2. The van der Waals surface area contributed by atoms with Crippen LogP contribution < -0.4 is 11.5 Å². The molecular weight excluding hydrogens is 300 g/mol. The van der Waals surface area contributed by atoms with Crippen molar-refractivity contribution in [3.8, 4) is 0 Å². The zero-order valence-corrected chi connectivity index (χ0v) is 15.4. The smallest absolute Gasteiger partial charge is 0.224 e. The summed E-state index contributed by atoms with van der Waals surface area (Å²) in [7, 11) is 0. The zero-order valence-electron chi connectivity index (χ0n) is 15.4. The van der Waals surface area contributed by atoms with Crippen LogP contribution in [0.1, 0.15) is 90.4 Å². The van der Waals surface area contributed by atoms with Crippen molar-refractivity contribution in [2.24, 2.45) is 23.3 Å². The average Bonchev–Trinajstić information content (AvgIpc) is 2.56. The van der Waals surface area contributed by atoms with Crippen molar-refractivity contribution < 1.29 is 9.59 Å². The number of unbranched alkanes of at least 4 members (excludes halogenated alkanes) is 9. The first kappa shape index (κ1) is 20.7. The van der Waals surface area contributed by atoms with Gasteiger partial charge in [-0.15, -0.1) is 0 Å². The van der Waals surface area contributed by atoms with E-state index in [9.17, 15) is 9.59 Å². The van der Waals surface area contributed by atoms with Crippen LogP contribution in [0.5, 0.6) is 0 Å². The fourth-order valence-corrected chi connectivity index (χ4v) is 3.62. The number of hydrogen-bond donors (Lipinski definition) is 2. The molecule has 0 aromatic carbocycles. The van der Waals surface area contributed by atoms with Crippen LogP contribution in [0.15, 0.2) is 11.6 Å². The summed E-state index contributed by atoms with van der Waals surface area (Å²) in [6, 6.07) is 0. The minimum Gasteiger partial charge on any atom is -0.369 e. The van der Waals surface area contributed by atoms with Crippen LogP contribution in [0.4, 0.5) is 0 Å². The van der Waals surface area contributed by atoms with Gasteiger partial charge in [0.2, 0.25) is 11.8 Å². The molecule has 1 aliphatic carbocycles. The van der Waals surface area contributed by atoms with Gasteiger partial charge in [-0.3, -0.25) is 9.59 Å². The third kappa shape index (κ3) is 7.98. The molecule has 0 aromatic heterocycles. The minimum atomic E-state index is -0.267. The molecule has 2 amide bonds. The summed E-state index contributed by atoms with van der Waals surface area (Å²) in [5, 5.41) is 0. The highest BCUT2D eigenvalue weighted by molar-refractivity contribution is 5.82. The molecule has 1 rings (SSSR count). The summed E-state index contributed by atoms with van der Waals surface area (Å²) in [6.07, 6.45) is 16.8. The number of carbonyl (C=O) groups is 2. The Balaban J connectivity index is 2.24. The zero-order chi connectivity index (χ0) is 17.8. The van der Waals surface area contributed by atoms with Crippen LogP contribution in [0, 0.1) is 11.8 Å². The van der Waals surface area contributed by atoms with Gasteiger partial charge < -0.3 is 11.5 Å². The van der Waals surface area contributed by atoms with E-state index in [1.807, 2.05) is 0 Å². The Kier molecular flexibility index (Phi) is 10.4. The molecule has 0 saturated heterocycles. The molecule has 0 spiro atoms. The molecule has 1 saturated carbocycles. The predicted octanol–water partition coefficient (Wildman–Crippen LogP) is 4.22. The monoisotopic (exact) mass is 336 g/mol. The molecule has 0 bridgehead atoms. The number of primary amides is 2. The third-order valence-electron chi connectivity index (χ3n) is 5.19. The molecule has 1 aliphatic rings. The van der Waals surface area contributed by atoms with Gasteiger partial charge in [0.1, 0.15) is 0 Å². The Bertz CT molecular complexity index is 418. The van der Waals surface area contributed by atoms with E-state index in [0.717, 1.165) is 18.4 Å². The lowest BCUT2D eigenvalue weighted by molar-refractivity contribution is -0.125. The number of amides is 2. The summed E-state index contributed by atoms with van der Waals surface area (Å²) in [5.74, 6) is -0.850. The lowest BCUT2D eigenvalue weighted by Crippen LogP contribution is -2.34. The van der Waals surface area contributed by atoms with Gasteiger partial charge in [-0.25, -0.2) is 0 Å². The molecule has 0 radical (unpaired) electrons. The van der Waals surface area contributed by atoms with Crippen LogP contribution in [0.3, 0.4) is 0 Å². The first-order chi connectivity index (χ1) is 11.6. The van der Waals surface area contributed by atoms with Gasteiger partial charge in [-0.2, -0.15) is 0 Å². The average molecular weight is 337 g/mol. The lowest BCUT2D eigenvalue weighted by atomic mass is 9.77. The van der Waals surface area contributed by atoms with E-state index < -0.39 is 0 Å². The molecule has 0 aliphatic heterocycles. The van der Waals surface area contributed by atoms with E-state index in [2.05, 4.69) is 13.0 Å².